The Morgan fingerprint density at radius 3 is 2.57 bits per heavy atom. The number of fused-ring (bicyclic) bond motifs is 1. The van der Waals surface area contributed by atoms with Crippen LogP contribution in [0.25, 0.3) is 0 Å². The first-order valence-corrected chi connectivity index (χ1v) is 9.93. The lowest BCUT2D eigenvalue weighted by Crippen LogP contribution is -2.40. The second kappa shape index (κ2) is 7.09. The summed E-state index contributed by atoms with van der Waals surface area (Å²) in [6.45, 7) is 8.49. The molecule has 0 radical (unpaired) electrons. The molecule has 0 aromatic heterocycles. The van der Waals surface area contributed by atoms with E-state index in [1.54, 1.807) is 5.71 Å². The Kier molecular flexibility index (Phi) is 5.30. The van der Waals surface area contributed by atoms with E-state index in [4.69, 9.17) is 4.74 Å². The van der Waals surface area contributed by atoms with Crippen LogP contribution in [0.2, 0.25) is 0 Å². The molecule has 0 bridgehead atoms. The summed E-state index contributed by atoms with van der Waals surface area (Å²) in [5, 5.41) is 0. The van der Waals surface area contributed by atoms with E-state index in [0.717, 1.165) is 17.9 Å². The normalized spacial score (nSPS) is 34.5. The van der Waals surface area contributed by atoms with E-state index in [1.165, 1.54) is 57.9 Å². The van der Waals surface area contributed by atoms with Gasteiger partial charge in [0, 0.05) is 31.9 Å². The fourth-order valence-corrected chi connectivity index (χ4v) is 5.43. The molecule has 1 heterocycles. The van der Waals surface area contributed by atoms with Crippen molar-refractivity contribution in [3.8, 4) is 0 Å². The van der Waals surface area contributed by atoms with Crippen molar-refractivity contribution in [1.82, 2.24) is 0 Å². The molecule has 3 unspecified atom stereocenters. The zero-order valence-corrected chi connectivity index (χ0v) is 15.7. The van der Waals surface area contributed by atoms with Crippen LogP contribution in [0.5, 0.6) is 0 Å². The van der Waals surface area contributed by atoms with E-state index in [1.807, 2.05) is 7.11 Å². The average molecular weight is 319 g/mol. The summed E-state index contributed by atoms with van der Waals surface area (Å²) < 4.78 is 8.48. The van der Waals surface area contributed by atoms with Gasteiger partial charge in [0.2, 0.25) is 0 Å². The molecule has 1 aliphatic heterocycles. The molecule has 2 aliphatic carbocycles. The molecule has 130 valence electrons. The quantitative estimate of drug-likeness (QED) is 0.662. The van der Waals surface area contributed by atoms with E-state index < -0.39 is 0 Å². The summed E-state index contributed by atoms with van der Waals surface area (Å²) >= 11 is 0. The third-order valence-electron chi connectivity index (χ3n) is 6.79. The van der Waals surface area contributed by atoms with E-state index in [9.17, 15) is 0 Å². The molecule has 0 aromatic carbocycles. The number of nitrogens with zero attached hydrogens (tertiary/aromatic N) is 1. The predicted octanol–water partition coefficient (Wildman–Crippen LogP) is 4.82. The van der Waals surface area contributed by atoms with Gasteiger partial charge in [-0.05, 0) is 45.4 Å². The summed E-state index contributed by atoms with van der Waals surface area (Å²) in [4.78, 5) is 0. The van der Waals surface area contributed by atoms with Gasteiger partial charge in [-0.25, -0.2) is 4.58 Å². The van der Waals surface area contributed by atoms with Crippen LogP contribution in [-0.4, -0.2) is 36.1 Å². The Morgan fingerprint density at radius 2 is 1.91 bits per heavy atom. The molecule has 0 saturated heterocycles. The van der Waals surface area contributed by atoms with Gasteiger partial charge in [-0.2, -0.15) is 0 Å². The van der Waals surface area contributed by atoms with Gasteiger partial charge in [-0.1, -0.05) is 25.8 Å². The maximum Gasteiger partial charge on any atom is 0.182 e. The van der Waals surface area contributed by atoms with Gasteiger partial charge in [-0.15, -0.1) is 0 Å². The summed E-state index contributed by atoms with van der Waals surface area (Å²) in [7, 11) is 1.89. The second-order valence-electron chi connectivity index (χ2n) is 8.55. The molecule has 3 aliphatic rings. The molecule has 0 aromatic rings. The molecule has 3 rings (SSSR count). The Balaban J connectivity index is 1.86. The van der Waals surface area contributed by atoms with E-state index in [2.05, 4.69) is 37.5 Å². The zero-order chi connectivity index (χ0) is 16.4. The summed E-state index contributed by atoms with van der Waals surface area (Å²) in [6.07, 6.45) is 16.2. The van der Waals surface area contributed by atoms with Crippen LogP contribution in [-0.2, 0) is 4.74 Å². The number of hydrogen-bond donors (Lipinski definition) is 0. The fourth-order valence-electron chi connectivity index (χ4n) is 5.43. The van der Waals surface area contributed by atoms with Crippen molar-refractivity contribution < 1.29 is 9.31 Å². The number of hydrogen-bond acceptors (Lipinski definition) is 1. The number of ether oxygens (including phenoxy) is 1. The largest absolute Gasteiger partial charge is 0.381 e. The second-order valence-corrected chi connectivity index (χ2v) is 8.55. The molecular formula is C21H36NO+. The Hall–Kier alpha value is -0.630. The maximum absolute atomic E-state index is 5.72. The molecule has 0 spiro atoms. The predicted molar refractivity (Wildman–Crippen MR) is 97.2 cm³/mol. The van der Waals surface area contributed by atoms with Gasteiger partial charge in [0.25, 0.3) is 0 Å². The lowest BCUT2D eigenvalue weighted by molar-refractivity contribution is -0.567. The van der Waals surface area contributed by atoms with Crippen LogP contribution in [0, 0.1) is 17.3 Å². The summed E-state index contributed by atoms with van der Waals surface area (Å²) in [5.74, 6) is 1.58. The average Bonchev–Trinajstić information content (AvgIpc) is 3.12. The summed E-state index contributed by atoms with van der Waals surface area (Å²) in [5.41, 5.74) is 1.89. The van der Waals surface area contributed by atoms with Gasteiger partial charge >= 0.3 is 0 Å². The highest BCUT2D eigenvalue weighted by Gasteiger charge is 2.55. The first kappa shape index (κ1) is 17.2. The number of methoxy groups -OCH3 is 1. The third-order valence-corrected chi connectivity index (χ3v) is 6.79. The maximum atomic E-state index is 5.72. The Bertz CT molecular complexity index is 470. The minimum absolute atomic E-state index is 0.284. The van der Waals surface area contributed by atoms with Crippen LogP contribution in [0.3, 0.4) is 0 Å². The minimum atomic E-state index is 0.284. The van der Waals surface area contributed by atoms with E-state index in [0.29, 0.717) is 6.10 Å². The van der Waals surface area contributed by atoms with Crippen LogP contribution in [0.1, 0.15) is 72.1 Å². The lowest BCUT2D eigenvalue weighted by Gasteiger charge is -2.34. The molecule has 2 saturated carbocycles. The van der Waals surface area contributed by atoms with Crippen molar-refractivity contribution in [2.45, 2.75) is 84.3 Å². The molecular weight excluding hydrogens is 282 g/mol. The van der Waals surface area contributed by atoms with Crippen LogP contribution < -0.4 is 0 Å². The first-order valence-electron chi connectivity index (χ1n) is 9.93. The van der Waals surface area contributed by atoms with Crippen molar-refractivity contribution in [2.24, 2.45) is 17.3 Å². The molecule has 0 amide bonds. The van der Waals surface area contributed by atoms with Crippen molar-refractivity contribution in [2.75, 3.05) is 13.7 Å². The highest BCUT2D eigenvalue weighted by molar-refractivity contribution is 5.96. The zero-order valence-electron chi connectivity index (χ0n) is 15.7. The lowest BCUT2D eigenvalue weighted by atomic mass is 9.68. The monoisotopic (exact) mass is 318 g/mol. The highest BCUT2D eigenvalue weighted by atomic mass is 16.5. The number of allylic oxidation sites excluding steroid dienone is 2. The van der Waals surface area contributed by atoms with Crippen molar-refractivity contribution in [1.29, 1.82) is 0 Å². The van der Waals surface area contributed by atoms with Crippen molar-refractivity contribution in [3.05, 3.63) is 12.2 Å². The van der Waals surface area contributed by atoms with Gasteiger partial charge in [0.15, 0.2) is 11.8 Å². The molecule has 23 heavy (non-hydrogen) atoms. The van der Waals surface area contributed by atoms with E-state index in [-0.39, 0.29) is 5.41 Å². The molecule has 0 N–H and O–H groups in total. The Morgan fingerprint density at radius 1 is 1.17 bits per heavy atom. The first-order chi connectivity index (χ1) is 11.1. The van der Waals surface area contributed by atoms with Gasteiger partial charge < -0.3 is 4.74 Å². The van der Waals surface area contributed by atoms with Crippen LogP contribution in [0.4, 0.5) is 0 Å². The molecule has 2 fully saturated rings. The van der Waals surface area contributed by atoms with Gasteiger partial charge in [0.05, 0.1) is 11.5 Å². The van der Waals surface area contributed by atoms with Crippen molar-refractivity contribution >= 4 is 5.71 Å². The van der Waals surface area contributed by atoms with Crippen molar-refractivity contribution in [3.63, 3.8) is 0 Å². The number of rotatable bonds is 5. The highest BCUT2D eigenvalue weighted by Crippen LogP contribution is 2.46. The SMILES string of the molecule is CCC[N+]1=C(/C=C/C2CCCC2)C(C)(C)C2CC(OC)CCC21. The van der Waals surface area contributed by atoms with Crippen LogP contribution in [0.15, 0.2) is 12.2 Å². The molecule has 2 nitrogen and oxygen atoms in total. The topological polar surface area (TPSA) is 12.2 Å². The third kappa shape index (κ3) is 3.29. The smallest absolute Gasteiger partial charge is 0.182 e. The molecule has 2 heteroatoms. The molecule has 3 atom stereocenters. The van der Waals surface area contributed by atoms with Gasteiger partial charge in [-0.3, -0.25) is 0 Å². The fraction of sp³-hybridized carbons (Fsp3) is 0.857. The van der Waals surface area contributed by atoms with Crippen LogP contribution >= 0.6 is 0 Å². The standard InChI is InChI=1S/C21H36NO/c1-5-14-22-19-12-11-17(23-4)15-18(19)21(2,3)20(22)13-10-16-8-6-7-9-16/h10,13,16-19H,5-9,11-12,14-15H2,1-4H3/q+1/b13-10+. The van der Waals surface area contributed by atoms with Gasteiger partial charge in [0.1, 0.15) is 6.54 Å². The Labute approximate surface area is 143 Å². The minimum Gasteiger partial charge on any atom is -0.381 e. The van der Waals surface area contributed by atoms with E-state index >= 15 is 0 Å². The summed E-state index contributed by atoms with van der Waals surface area (Å²) in [6, 6.07) is 0.736.